The molecule has 0 spiro atoms. The summed E-state index contributed by atoms with van der Waals surface area (Å²) >= 11 is 0. The topological polar surface area (TPSA) is 96.0 Å². The van der Waals surface area contributed by atoms with Crippen LogP contribution in [0.3, 0.4) is 0 Å². The molecule has 0 amide bonds. The highest BCUT2D eigenvalue weighted by molar-refractivity contribution is 5.94. The van der Waals surface area contributed by atoms with Crippen LogP contribution in [0.25, 0.3) is 39.3 Å². The number of H-pyrrole nitrogens is 2. The summed E-state index contributed by atoms with van der Waals surface area (Å²) in [7, 11) is 0. The van der Waals surface area contributed by atoms with Crippen molar-refractivity contribution >= 4 is 16.5 Å². The van der Waals surface area contributed by atoms with Crippen LogP contribution < -0.4 is 0 Å². The number of imidazole rings is 1. The summed E-state index contributed by atoms with van der Waals surface area (Å²) in [5.41, 5.74) is 6.91. The number of aromatic nitrogens is 7. The molecule has 0 saturated carbocycles. The monoisotopic (exact) mass is 405 g/mol. The minimum absolute atomic E-state index is 0.681. The summed E-state index contributed by atoms with van der Waals surface area (Å²) in [5.74, 6) is 0.681. The number of aromatic amines is 2. The SMILES string of the molecule is C=C/C=C(/c1ccccn1)c1nc(-c2n[nH]c3ccc(-c4cnccn4)cc23)[nH]c1C. The summed E-state index contributed by atoms with van der Waals surface area (Å²) in [6, 6.07) is 11.8. The van der Waals surface area contributed by atoms with Crippen molar-refractivity contribution in [2.75, 3.05) is 0 Å². The standard InChI is InChI=1S/C24H19N7/c1-3-6-17(19-7-4-5-10-26-19)22-15(2)28-24(29-22)23-18-13-16(8-9-20(18)30-31-23)21-14-25-11-12-27-21/h3-14H,1H2,2H3,(H,28,29)(H,30,31)/b17-6-. The average Bonchev–Trinajstić information content (AvgIpc) is 3.41. The molecule has 7 heteroatoms. The smallest absolute Gasteiger partial charge is 0.159 e. The molecule has 0 radical (unpaired) electrons. The van der Waals surface area contributed by atoms with Crippen molar-refractivity contribution in [2.24, 2.45) is 0 Å². The fourth-order valence-corrected chi connectivity index (χ4v) is 3.56. The highest BCUT2D eigenvalue weighted by atomic mass is 15.1. The molecular formula is C24H19N7. The first-order chi connectivity index (χ1) is 15.2. The predicted octanol–water partition coefficient (Wildman–Crippen LogP) is 4.73. The van der Waals surface area contributed by atoms with E-state index in [-0.39, 0.29) is 0 Å². The number of allylic oxidation sites excluding steroid dienone is 2. The normalized spacial score (nSPS) is 11.7. The van der Waals surface area contributed by atoms with E-state index in [0.717, 1.165) is 50.5 Å². The fourth-order valence-electron chi connectivity index (χ4n) is 3.56. The van der Waals surface area contributed by atoms with Crippen LogP contribution in [-0.2, 0) is 0 Å². The van der Waals surface area contributed by atoms with Crippen LogP contribution in [0.15, 0.2) is 79.9 Å². The van der Waals surface area contributed by atoms with Crippen molar-refractivity contribution in [2.45, 2.75) is 6.92 Å². The number of aryl methyl sites for hydroxylation is 1. The maximum atomic E-state index is 4.88. The molecule has 4 heterocycles. The zero-order valence-electron chi connectivity index (χ0n) is 16.9. The first-order valence-electron chi connectivity index (χ1n) is 9.80. The first kappa shape index (κ1) is 18.6. The number of pyridine rings is 1. The first-order valence-corrected chi connectivity index (χ1v) is 9.80. The second kappa shape index (κ2) is 7.79. The number of fused-ring (bicyclic) bond motifs is 1. The molecule has 0 aliphatic carbocycles. The Balaban J connectivity index is 1.62. The molecule has 5 rings (SSSR count). The van der Waals surface area contributed by atoms with Crippen molar-refractivity contribution < 1.29 is 0 Å². The van der Waals surface area contributed by atoms with Crippen molar-refractivity contribution in [3.8, 4) is 22.8 Å². The molecule has 0 fully saturated rings. The van der Waals surface area contributed by atoms with Gasteiger partial charge in [0.25, 0.3) is 0 Å². The van der Waals surface area contributed by atoms with E-state index < -0.39 is 0 Å². The Hall–Kier alpha value is -4.39. The lowest BCUT2D eigenvalue weighted by molar-refractivity contribution is 1.10. The van der Waals surface area contributed by atoms with Crippen LogP contribution in [0.4, 0.5) is 0 Å². The van der Waals surface area contributed by atoms with Gasteiger partial charge in [-0.05, 0) is 31.2 Å². The summed E-state index contributed by atoms with van der Waals surface area (Å²) in [4.78, 5) is 21.3. The van der Waals surface area contributed by atoms with Crippen molar-refractivity contribution in [3.63, 3.8) is 0 Å². The quantitative estimate of drug-likeness (QED) is 0.412. The molecule has 0 aliphatic heterocycles. The van der Waals surface area contributed by atoms with E-state index >= 15 is 0 Å². The molecule has 5 aromatic rings. The summed E-state index contributed by atoms with van der Waals surface area (Å²) in [5, 5.41) is 8.57. The molecule has 0 atom stereocenters. The molecule has 4 aromatic heterocycles. The lowest BCUT2D eigenvalue weighted by Gasteiger charge is -2.04. The van der Waals surface area contributed by atoms with E-state index in [1.165, 1.54) is 0 Å². The van der Waals surface area contributed by atoms with Crippen LogP contribution in [0.5, 0.6) is 0 Å². The van der Waals surface area contributed by atoms with Crippen LogP contribution in [0.1, 0.15) is 17.1 Å². The lowest BCUT2D eigenvalue weighted by atomic mass is 10.1. The Kier molecular flexibility index (Phi) is 4.68. The zero-order valence-corrected chi connectivity index (χ0v) is 16.9. The van der Waals surface area contributed by atoms with Gasteiger partial charge in [-0.25, -0.2) is 4.98 Å². The third-order valence-corrected chi connectivity index (χ3v) is 5.01. The second-order valence-electron chi connectivity index (χ2n) is 7.01. The van der Waals surface area contributed by atoms with E-state index in [1.807, 2.05) is 43.3 Å². The van der Waals surface area contributed by atoms with Gasteiger partial charge in [0.05, 0.1) is 28.8 Å². The van der Waals surface area contributed by atoms with Gasteiger partial charge in [0.1, 0.15) is 5.69 Å². The average molecular weight is 405 g/mol. The van der Waals surface area contributed by atoms with Crippen molar-refractivity contribution in [1.82, 2.24) is 35.1 Å². The third kappa shape index (κ3) is 3.42. The van der Waals surface area contributed by atoms with E-state index in [4.69, 9.17) is 4.98 Å². The molecule has 1 aromatic carbocycles. The van der Waals surface area contributed by atoms with Crippen LogP contribution >= 0.6 is 0 Å². The van der Waals surface area contributed by atoms with Crippen LogP contribution in [0, 0.1) is 6.92 Å². The Morgan fingerprint density at radius 2 is 2.00 bits per heavy atom. The van der Waals surface area contributed by atoms with Gasteiger partial charge in [0.15, 0.2) is 5.82 Å². The molecule has 0 bridgehead atoms. The summed E-state index contributed by atoms with van der Waals surface area (Å²) < 4.78 is 0. The Morgan fingerprint density at radius 3 is 2.77 bits per heavy atom. The second-order valence-corrected chi connectivity index (χ2v) is 7.01. The largest absolute Gasteiger partial charge is 0.340 e. The van der Waals surface area contributed by atoms with Crippen molar-refractivity contribution in [1.29, 1.82) is 0 Å². The van der Waals surface area contributed by atoms with Gasteiger partial charge in [-0.1, -0.05) is 30.9 Å². The summed E-state index contributed by atoms with van der Waals surface area (Å²) in [6.07, 6.45) is 10.5. The minimum Gasteiger partial charge on any atom is -0.340 e. The molecule has 7 nitrogen and oxygen atoms in total. The van der Waals surface area contributed by atoms with E-state index in [0.29, 0.717) is 5.82 Å². The number of hydrogen-bond donors (Lipinski definition) is 2. The highest BCUT2D eigenvalue weighted by Gasteiger charge is 2.18. The zero-order chi connectivity index (χ0) is 21.2. The van der Waals surface area contributed by atoms with Gasteiger partial charge in [0.2, 0.25) is 0 Å². The number of rotatable bonds is 5. The molecule has 0 unspecified atom stereocenters. The van der Waals surface area contributed by atoms with Crippen molar-refractivity contribution in [3.05, 3.63) is 97.0 Å². The van der Waals surface area contributed by atoms with Gasteiger partial charge in [-0.15, -0.1) is 0 Å². The third-order valence-electron chi connectivity index (χ3n) is 5.01. The van der Waals surface area contributed by atoms with Gasteiger partial charge < -0.3 is 4.98 Å². The number of benzene rings is 1. The highest BCUT2D eigenvalue weighted by Crippen LogP contribution is 2.31. The molecule has 150 valence electrons. The van der Waals surface area contributed by atoms with E-state index in [1.54, 1.807) is 30.9 Å². The van der Waals surface area contributed by atoms with E-state index in [9.17, 15) is 0 Å². The Bertz CT molecular complexity index is 1400. The van der Waals surface area contributed by atoms with Crippen LogP contribution in [-0.4, -0.2) is 35.1 Å². The van der Waals surface area contributed by atoms with Crippen LogP contribution in [0.2, 0.25) is 0 Å². The maximum Gasteiger partial charge on any atom is 0.159 e. The Morgan fingerprint density at radius 1 is 1.06 bits per heavy atom. The molecular weight excluding hydrogens is 386 g/mol. The number of nitrogens with zero attached hydrogens (tertiary/aromatic N) is 5. The van der Waals surface area contributed by atoms with Gasteiger partial charge >= 0.3 is 0 Å². The predicted molar refractivity (Wildman–Crippen MR) is 121 cm³/mol. The minimum atomic E-state index is 0.681. The number of hydrogen-bond acceptors (Lipinski definition) is 5. The Labute approximate surface area is 178 Å². The van der Waals surface area contributed by atoms with Gasteiger partial charge in [0, 0.05) is 40.8 Å². The summed E-state index contributed by atoms with van der Waals surface area (Å²) in [6.45, 7) is 5.84. The molecule has 0 saturated heterocycles. The molecule has 2 N–H and O–H groups in total. The molecule has 31 heavy (non-hydrogen) atoms. The van der Waals surface area contributed by atoms with Gasteiger partial charge in [-0.3, -0.25) is 20.1 Å². The fraction of sp³-hybridized carbons (Fsp3) is 0.0417. The van der Waals surface area contributed by atoms with E-state index in [2.05, 4.69) is 42.8 Å². The lowest BCUT2D eigenvalue weighted by Crippen LogP contribution is -1.93. The van der Waals surface area contributed by atoms with Gasteiger partial charge in [-0.2, -0.15) is 5.10 Å². The number of nitrogens with one attached hydrogen (secondary N) is 2. The molecule has 0 aliphatic rings. The maximum absolute atomic E-state index is 4.88.